The normalized spacial score (nSPS) is 13.8. The van der Waals surface area contributed by atoms with Gasteiger partial charge in [0, 0.05) is 6.21 Å². The number of aliphatic imine (C=N–C) groups is 1. The van der Waals surface area contributed by atoms with E-state index in [1.54, 1.807) is 24.5 Å². The molecular weight excluding hydrogens is 420 g/mol. The Hall–Kier alpha value is -3.15. The third kappa shape index (κ3) is 7.07. The quantitative estimate of drug-likeness (QED) is 0.316. The fourth-order valence-electron chi connectivity index (χ4n) is 2.50. The summed E-state index contributed by atoms with van der Waals surface area (Å²) in [6.45, 7) is 2.70. The molecule has 153 valence electrons. The van der Waals surface area contributed by atoms with Gasteiger partial charge in [0.25, 0.3) is 0 Å². The second kappa shape index (κ2) is 11.6. The first-order valence-electron chi connectivity index (χ1n) is 8.50. The molecule has 0 bridgehead atoms. The first kappa shape index (κ1) is 23.9. The summed E-state index contributed by atoms with van der Waals surface area (Å²) in [7, 11) is 1.37. The molecule has 1 aliphatic heterocycles. The predicted octanol–water partition coefficient (Wildman–Crippen LogP) is 2.67. The predicted molar refractivity (Wildman–Crippen MR) is 106 cm³/mol. The number of hydrogen-bond acceptors (Lipinski definition) is 5. The molecule has 0 fully saturated rings. The largest absolute Gasteiger partial charge is 2.00 e. The zero-order valence-electron chi connectivity index (χ0n) is 16.2. The first-order valence-corrected chi connectivity index (χ1v) is 8.50. The molecule has 3 rings (SSSR count). The summed E-state index contributed by atoms with van der Waals surface area (Å²) in [5, 5.41) is 9.98. The number of esters is 1. The Morgan fingerprint density at radius 1 is 1.10 bits per heavy atom. The molecule has 2 aromatic rings. The smallest absolute Gasteiger partial charge is 0.876 e. The second-order valence-corrected chi connectivity index (χ2v) is 5.85. The van der Waals surface area contributed by atoms with Crippen molar-refractivity contribution in [2.24, 2.45) is 4.99 Å². The Bertz CT molecular complexity index is 935. The molecule has 29 heavy (non-hydrogen) atoms. The third-order valence-corrected chi connectivity index (χ3v) is 3.62. The summed E-state index contributed by atoms with van der Waals surface area (Å²) in [5.41, 5.74) is 4.15. The fourth-order valence-corrected chi connectivity index (χ4v) is 2.50. The third-order valence-electron chi connectivity index (χ3n) is 3.62. The molecule has 1 aliphatic rings. The van der Waals surface area contributed by atoms with Gasteiger partial charge in [-0.3, -0.25) is 9.79 Å². The molecule has 0 saturated carbocycles. The van der Waals surface area contributed by atoms with E-state index in [0.29, 0.717) is 5.56 Å². The average molecular weight is 440 g/mol. The van der Waals surface area contributed by atoms with Gasteiger partial charge in [0.05, 0.1) is 18.4 Å². The van der Waals surface area contributed by atoms with Crippen LogP contribution in [0.4, 0.5) is 0 Å². The van der Waals surface area contributed by atoms with Crippen LogP contribution in [0.3, 0.4) is 0 Å². The Morgan fingerprint density at radius 3 is 2.17 bits per heavy atom. The van der Waals surface area contributed by atoms with Crippen LogP contribution in [-0.4, -0.2) is 25.1 Å². The number of rotatable bonds is 4. The fraction of sp³-hybridized carbons (Fsp3) is 0.136. The molecule has 0 amide bonds. The summed E-state index contributed by atoms with van der Waals surface area (Å²) in [6, 6.07) is 11.1. The van der Waals surface area contributed by atoms with E-state index in [0.717, 1.165) is 28.6 Å². The van der Waals surface area contributed by atoms with E-state index in [9.17, 15) is 14.7 Å². The van der Waals surface area contributed by atoms with Gasteiger partial charge in [-0.1, -0.05) is 31.2 Å². The molecule has 0 aliphatic carbocycles. The number of ether oxygens (including phenoxy) is 1. The van der Waals surface area contributed by atoms with E-state index in [-0.39, 0.29) is 34.6 Å². The number of aromatic nitrogens is 1. The van der Waals surface area contributed by atoms with E-state index in [4.69, 9.17) is 4.74 Å². The number of nitrogens with zero attached hydrogens (tertiary/aromatic N) is 2. The second-order valence-electron chi connectivity index (χ2n) is 5.85. The monoisotopic (exact) mass is 439 g/mol. The van der Waals surface area contributed by atoms with E-state index in [1.807, 2.05) is 36.4 Å². The van der Waals surface area contributed by atoms with Gasteiger partial charge in [0.1, 0.15) is 0 Å². The number of carbonyl (C=O) groups is 2. The molecule has 2 heterocycles. The number of benzene rings is 1. The van der Waals surface area contributed by atoms with Crippen LogP contribution in [0.25, 0.3) is 5.57 Å². The molecule has 1 aromatic carbocycles. The van der Waals surface area contributed by atoms with Gasteiger partial charge >= 0.3 is 23.0 Å². The van der Waals surface area contributed by atoms with Crippen LogP contribution in [0, 0.1) is 0 Å². The van der Waals surface area contributed by atoms with Gasteiger partial charge in [-0.25, -0.2) is 4.79 Å². The van der Waals surface area contributed by atoms with Crippen LogP contribution >= 0.6 is 0 Å². The maximum atomic E-state index is 11.5. The minimum atomic E-state index is -0.346. The van der Waals surface area contributed by atoms with Crippen LogP contribution in [-0.2, 0) is 26.6 Å². The van der Waals surface area contributed by atoms with Gasteiger partial charge in [-0.2, -0.15) is 6.20 Å². The molecular formula is C22H20CuN2O4. The van der Waals surface area contributed by atoms with Crippen molar-refractivity contribution in [3.05, 3.63) is 89.1 Å². The number of hydrogen-bond donors (Lipinski definition) is 0. The van der Waals surface area contributed by atoms with Crippen LogP contribution in [0.2, 0.25) is 0 Å². The van der Waals surface area contributed by atoms with Crippen LogP contribution < -0.4 is 10.1 Å². The van der Waals surface area contributed by atoms with Crippen molar-refractivity contribution in [3.63, 3.8) is 0 Å². The summed E-state index contributed by atoms with van der Waals surface area (Å²) in [4.78, 5) is 30.2. The van der Waals surface area contributed by atoms with E-state index in [1.165, 1.54) is 21.0 Å². The number of ketones is 1. The van der Waals surface area contributed by atoms with Crippen molar-refractivity contribution in [2.45, 2.75) is 13.8 Å². The molecule has 0 unspecified atom stereocenters. The Balaban J connectivity index is 0.000000456. The van der Waals surface area contributed by atoms with E-state index < -0.39 is 0 Å². The average Bonchev–Trinajstić information content (AvgIpc) is 3.36. The molecule has 1 aromatic heterocycles. The zero-order chi connectivity index (χ0) is 20.5. The Morgan fingerprint density at radius 2 is 1.76 bits per heavy atom. The molecule has 1 radical (unpaired) electrons. The Labute approximate surface area is 180 Å². The van der Waals surface area contributed by atoms with Crippen molar-refractivity contribution in [3.8, 4) is 0 Å². The SMILES string of the molecule is CC(=O)/C=C(/C)[O-].COC(=O)c1ccc(/C(=C2\C=CC=N2)c2ccc[n-]2)cc1.[Cu+2]. The summed E-state index contributed by atoms with van der Waals surface area (Å²) in [5.74, 6) is -0.721. The minimum absolute atomic E-state index is 0. The van der Waals surface area contributed by atoms with Crippen molar-refractivity contribution in [1.82, 2.24) is 4.98 Å². The maximum Gasteiger partial charge on any atom is 2.00 e. The van der Waals surface area contributed by atoms with Gasteiger partial charge in [-0.05, 0) is 48.4 Å². The molecule has 7 heteroatoms. The standard InChI is InChI=1S/C17H13N2O2.C5H8O2.Cu/c1-21-17(20)13-8-6-12(7-9-13)16(14-4-2-10-18-14)15-5-3-11-19-15;1-4(6)3-5(2)7;/h2-11H,1H3;3,6H,1-2H3;/q-1;;+2/p-1/b;4-3-;. The topological polar surface area (TPSA) is 92.9 Å². The van der Waals surface area contributed by atoms with Gasteiger partial charge in [-0.15, -0.1) is 11.5 Å². The Kier molecular flexibility index (Phi) is 9.59. The van der Waals surface area contributed by atoms with Crippen LogP contribution in [0.1, 0.15) is 35.5 Å². The van der Waals surface area contributed by atoms with E-state index >= 15 is 0 Å². The van der Waals surface area contributed by atoms with Crippen molar-refractivity contribution in [1.29, 1.82) is 0 Å². The number of carbonyl (C=O) groups excluding carboxylic acids is 2. The van der Waals surface area contributed by atoms with Crippen molar-refractivity contribution >= 4 is 23.5 Å². The van der Waals surface area contributed by atoms with E-state index in [2.05, 4.69) is 9.98 Å². The van der Waals surface area contributed by atoms with Crippen molar-refractivity contribution < 1.29 is 36.5 Å². The summed E-state index contributed by atoms with van der Waals surface area (Å²) >= 11 is 0. The van der Waals surface area contributed by atoms with Crippen LogP contribution in [0.15, 0.2) is 77.3 Å². The first-order chi connectivity index (χ1) is 13.4. The van der Waals surface area contributed by atoms with Crippen LogP contribution in [0.5, 0.6) is 0 Å². The molecule has 0 spiro atoms. The minimum Gasteiger partial charge on any atom is -0.876 e. The zero-order valence-corrected chi connectivity index (χ0v) is 17.1. The van der Waals surface area contributed by atoms with Gasteiger partial charge in [0.15, 0.2) is 5.78 Å². The number of allylic oxidation sites excluding steroid dienone is 4. The molecule has 6 nitrogen and oxygen atoms in total. The summed E-state index contributed by atoms with van der Waals surface area (Å²) < 4.78 is 4.71. The number of methoxy groups -OCH3 is 1. The molecule has 0 saturated heterocycles. The van der Waals surface area contributed by atoms with Gasteiger partial charge < -0.3 is 14.8 Å². The molecule has 0 N–H and O–H groups in total. The maximum absolute atomic E-state index is 11.5. The summed E-state index contributed by atoms with van der Waals surface area (Å²) in [6.07, 6.45) is 8.39. The van der Waals surface area contributed by atoms with Crippen molar-refractivity contribution in [2.75, 3.05) is 7.11 Å². The molecule has 0 atom stereocenters. The van der Waals surface area contributed by atoms with Gasteiger partial charge in [0.2, 0.25) is 0 Å².